The van der Waals surface area contributed by atoms with Crippen molar-refractivity contribution in [1.29, 1.82) is 0 Å². The van der Waals surface area contributed by atoms with E-state index in [1.54, 1.807) is 0 Å². The minimum Gasteiger partial charge on any atom is -0.392 e. The van der Waals surface area contributed by atoms with Crippen LogP contribution < -0.4 is 0 Å². The van der Waals surface area contributed by atoms with Gasteiger partial charge in [0.2, 0.25) is 0 Å². The second-order valence-electron chi connectivity index (χ2n) is 6.18. The van der Waals surface area contributed by atoms with E-state index < -0.39 is 0 Å². The third-order valence-corrected chi connectivity index (χ3v) is 3.61. The molecule has 0 heterocycles. The molecule has 0 aliphatic rings. The molecule has 1 atom stereocenters. The zero-order valence-corrected chi connectivity index (χ0v) is 11.7. The van der Waals surface area contributed by atoms with E-state index >= 15 is 0 Å². The minimum absolute atomic E-state index is 0.0785. The summed E-state index contributed by atoms with van der Waals surface area (Å²) in [5, 5.41) is 12.8. The molecule has 0 radical (unpaired) electrons. The second kappa shape index (κ2) is 4.74. The monoisotopic (exact) mass is 242 g/mol. The molecule has 0 aliphatic heterocycles. The van der Waals surface area contributed by atoms with E-state index in [1.807, 2.05) is 0 Å². The average Bonchev–Trinajstić information content (AvgIpc) is 2.28. The van der Waals surface area contributed by atoms with E-state index in [9.17, 15) is 5.11 Å². The summed E-state index contributed by atoms with van der Waals surface area (Å²) in [7, 11) is 0. The maximum absolute atomic E-state index is 10.3. The van der Waals surface area contributed by atoms with Crippen molar-refractivity contribution in [2.75, 3.05) is 0 Å². The molecule has 18 heavy (non-hydrogen) atoms. The molecular formula is C17H22O. The van der Waals surface area contributed by atoms with Crippen LogP contribution in [0.3, 0.4) is 0 Å². The van der Waals surface area contributed by atoms with Gasteiger partial charge in [0.1, 0.15) is 0 Å². The fourth-order valence-electron chi connectivity index (χ4n) is 2.30. The molecule has 2 rings (SSSR count). The lowest BCUT2D eigenvalue weighted by Gasteiger charge is -2.26. The summed E-state index contributed by atoms with van der Waals surface area (Å²) in [5.74, 6) is 0. The van der Waals surface area contributed by atoms with Gasteiger partial charge in [0.15, 0.2) is 0 Å². The summed E-state index contributed by atoms with van der Waals surface area (Å²) in [6.07, 6.45) is 0.397. The number of benzene rings is 2. The first-order valence-electron chi connectivity index (χ1n) is 6.55. The Labute approximate surface area is 109 Å². The molecule has 0 fully saturated rings. The molecule has 0 amide bonds. The number of aryl methyl sites for hydroxylation is 1. The van der Waals surface area contributed by atoms with E-state index in [1.165, 1.54) is 21.9 Å². The highest BCUT2D eigenvalue weighted by atomic mass is 16.3. The van der Waals surface area contributed by atoms with Crippen molar-refractivity contribution in [1.82, 2.24) is 0 Å². The molecule has 0 spiro atoms. The number of rotatable bonds is 2. The molecule has 0 saturated carbocycles. The molecule has 0 saturated heterocycles. The van der Waals surface area contributed by atoms with Crippen LogP contribution in [0.2, 0.25) is 0 Å². The molecule has 96 valence electrons. The Bertz CT molecular complexity index is 544. The highest BCUT2D eigenvalue weighted by molar-refractivity contribution is 5.88. The maximum Gasteiger partial charge on any atom is 0.0629 e. The lowest BCUT2D eigenvalue weighted by Crippen LogP contribution is -2.28. The van der Waals surface area contributed by atoms with E-state index in [0.717, 1.165) is 0 Å². The zero-order chi connectivity index (χ0) is 13.3. The van der Waals surface area contributed by atoms with Crippen LogP contribution in [0.15, 0.2) is 36.4 Å². The van der Waals surface area contributed by atoms with Crippen LogP contribution in [0.1, 0.15) is 31.9 Å². The number of hydrogen-bond acceptors (Lipinski definition) is 1. The Morgan fingerprint density at radius 1 is 1.06 bits per heavy atom. The number of hydrogen-bond donors (Lipinski definition) is 1. The Kier molecular flexibility index (Phi) is 3.45. The maximum atomic E-state index is 10.3. The third kappa shape index (κ3) is 2.56. The Morgan fingerprint density at radius 3 is 2.28 bits per heavy atom. The van der Waals surface area contributed by atoms with Gasteiger partial charge in [0.05, 0.1) is 6.10 Å². The van der Waals surface area contributed by atoms with Crippen molar-refractivity contribution < 1.29 is 5.11 Å². The fraction of sp³-hybridized carbons (Fsp3) is 0.412. The topological polar surface area (TPSA) is 20.2 Å². The van der Waals surface area contributed by atoms with Gasteiger partial charge in [0, 0.05) is 0 Å². The minimum atomic E-state index is -0.317. The average molecular weight is 242 g/mol. The summed E-state index contributed by atoms with van der Waals surface area (Å²) in [4.78, 5) is 0. The summed E-state index contributed by atoms with van der Waals surface area (Å²) in [6.45, 7) is 8.37. The molecule has 0 bridgehead atoms. The fourth-order valence-corrected chi connectivity index (χ4v) is 2.30. The number of aliphatic hydroxyl groups excluding tert-OH is 1. The van der Waals surface area contributed by atoms with E-state index in [-0.39, 0.29) is 11.5 Å². The van der Waals surface area contributed by atoms with Gasteiger partial charge < -0.3 is 5.11 Å². The predicted molar refractivity (Wildman–Crippen MR) is 77.9 cm³/mol. The molecule has 2 aromatic rings. The first-order chi connectivity index (χ1) is 8.39. The van der Waals surface area contributed by atoms with Crippen LogP contribution in [0.25, 0.3) is 10.8 Å². The zero-order valence-electron chi connectivity index (χ0n) is 11.7. The van der Waals surface area contributed by atoms with E-state index in [2.05, 4.69) is 64.1 Å². The molecule has 1 unspecified atom stereocenters. The van der Waals surface area contributed by atoms with Crippen molar-refractivity contribution in [2.24, 2.45) is 5.41 Å². The summed E-state index contributed by atoms with van der Waals surface area (Å²) in [5.41, 5.74) is 2.45. The van der Waals surface area contributed by atoms with Crippen LogP contribution in [0.4, 0.5) is 0 Å². The van der Waals surface area contributed by atoms with Gasteiger partial charge in [-0.2, -0.15) is 0 Å². The summed E-state index contributed by atoms with van der Waals surface area (Å²) in [6, 6.07) is 12.7. The number of aliphatic hydroxyl groups is 1. The normalized spacial score (nSPS) is 13.8. The highest BCUT2D eigenvalue weighted by Gasteiger charge is 2.22. The smallest absolute Gasteiger partial charge is 0.0629 e. The molecular weight excluding hydrogens is 220 g/mol. The van der Waals surface area contributed by atoms with Crippen molar-refractivity contribution in [3.63, 3.8) is 0 Å². The predicted octanol–water partition coefficient (Wildman–Crippen LogP) is 4.10. The molecule has 1 heteroatoms. The van der Waals surface area contributed by atoms with Crippen molar-refractivity contribution >= 4 is 10.8 Å². The Balaban J connectivity index is 2.46. The Hall–Kier alpha value is -1.34. The second-order valence-corrected chi connectivity index (χ2v) is 6.18. The first-order valence-corrected chi connectivity index (χ1v) is 6.55. The van der Waals surface area contributed by atoms with Crippen molar-refractivity contribution in [3.8, 4) is 0 Å². The van der Waals surface area contributed by atoms with Crippen molar-refractivity contribution in [3.05, 3.63) is 47.5 Å². The van der Waals surface area contributed by atoms with E-state index in [0.29, 0.717) is 6.42 Å². The lowest BCUT2D eigenvalue weighted by molar-refractivity contribution is 0.0639. The van der Waals surface area contributed by atoms with Gasteiger partial charge in [-0.1, -0.05) is 57.2 Å². The van der Waals surface area contributed by atoms with Crippen LogP contribution >= 0.6 is 0 Å². The van der Waals surface area contributed by atoms with Crippen LogP contribution in [-0.2, 0) is 6.42 Å². The van der Waals surface area contributed by atoms with E-state index in [4.69, 9.17) is 0 Å². The highest BCUT2D eigenvalue weighted by Crippen LogP contribution is 2.28. The van der Waals surface area contributed by atoms with Crippen molar-refractivity contribution in [2.45, 2.75) is 40.2 Å². The summed E-state index contributed by atoms with van der Waals surface area (Å²) >= 11 is 0. The van der Waals surface area contributed by atoms with Gasteiger partial charge >= 0.3 is 0 Å². The molecule has 0 aromatic heterocycles. The van der Waals surface area contributed by atoms with Gasteiger partial charge in [-0.3, -0.25) is 0 Å². The third-order valence-electron chi connectivity index (χ3n) is 3.61. The van der Waals surface area contributed by atoms with Crippen LogP contribution in [0, 0.1) is 12.3 Å². The van der Waals surface area contributed by atoms with Crippen LogP contribution in [-0.4, -0.2) is 11.2 Å². The standard InChI is InChI=1S/C17H22O/c1-12-7-5-8-13-9-6-10-14(16(12)13)11-15(18)17(2,3)4/h5-10,15,18H,11H2,1-4H3. The molecule has 0 aliphatic carbocycles. The van der Waals surface area contributed by atoms with Crippen LogP contribution in [0.5, 0.6) is 0 Å². The number of fused-ring (bicyclic) bond motifs is 1. The first kappa shape index (κ1) is 13.1. The molecule has 1 nitrogen and oxygen atoms in total. The van der Waals surface area contributed by atoms with Gasteiger partial charge in [-0.15, -0.1) is 0 Å². The SMILES string of the molecule is Cc1cccc2cccc(CC(O)C(C)(C)C)c12. The van der Waals surface area contributed by atoms with Gasteiger partial charge in [0.25, 0.3) is 0 Å². The Morgan fingerprint density at radius 2 is 1.67 bits per heavy atom. The molecule has 2 aromatic carbocycles. The molecule has 1 N–H and O–H groups in total. The quantitative estimate of drug-likeness (QED) is 0.840. The van der Waals surface area contributed by atoms with Gasteiger partial charge in [-0.05, 0) is 40.7 Å². The lowest BCUT2D eigenvalue weighted by atomic mass is 9.84. The summed E-state index contributed by atoms with van der Waals surface area (Å²) < 4.78 is 0. The van der Waals surface area contributed by atoms with Gasteiger partial charge in [-0.25, -0.2) is 0 Å². The largest absolute Gasteiger partial charge is 0.392 e.